The van der Waals surface area contributed by atoms with Crippen molar-refractivity contribution in [2.75, 3.05) is 11.9 Å². The smallest absolute Gasteiger partial charge is 0.306 e. The van der Waals surface area contributed by atoms with E-state index >= 15 is 0 Å². The number of aryl methyl sites for hydroxylation is 2. The van der Waals surface area contributed by atoms with E-state index in [1.54, 1.807) is 48.5 Å². The number of carbonyl (C=O) groups excluding carboxylic acids is 3. The first kappa shape index (κ1) is 25.0. The van der Waals surface area contributed by atoms with Gasteiger partial charge in [-0.25, -0.2) is 0 Å². The number of nitrogens with one attached hydrogen (secondary N) is 1. The van der Waals surface area contributed by atoms with Crippen LogP contribution in [0.1, 0.15) is 40.7 Å². The summed E-state index contributed by atoms with van der Waals surface area (Å²) in [5.41, 5.74) is 3.20. The number of benzene rings is 3. The second-order valence-electron chi connectivity index (χ2n) is 7.89. The number of hydrogen-bond donors (Lipinski definition) is 1. The van der Waals surface area contributed by atoms with Crippen molar-refractivity contribution in [3.63, 3.8) is 0 Å². The van der Waals surface area contributed by atoms with Crippen molar-refractivity contribution in [2.24, 2.45) is 0 Å². The molecule has 0 aliphatic carbocycles. The normalized spacial score (nSPS) is 10.4. The van der Waals surface area contributed by atoms with E-state index < -0.39 is 5.97 Å². The van der Waals surface area contributed by atoms with E-state index in [1.165, 1.54) is 0 Å². The maximum absolute atomic E-state index is 12.2. The SMILES string of the molecule is Cc1ccc(C)c(Oc2ccc(NC(=O)CCCC(=O)OCC(=O)c3ccc(Cl)cc3)cc2)c1. The van der Waals surface area contributed by atoms with Gasteiger partial charge in [0, 0.05) is 29.1 Å². The first-order valence-electron chi connectivity index (χ1n) is 10.9. The highest BCUT2D eigenvalue weighted by Gasteiger charge is 2.11. The number of rotatable bonds is 10. The van der Waals surface area contributed by atoms with Crippen LogP contribution in [0.15, 0.2) is 66.7 Å². The molecule has 3 aromatic rings. The van der Waals surface area contributed by atoms with Gasteiger partial charge in [-0.05, 0) is 86.0 Å². The standard InChI is InChI=1S/C27H26ClNO5/c1-18-6-7-19(2)25(16-18)34-23-14-12-22(13-15-23)29-26(31)4-3-5-27(32)33-17-24(30)20-8-10-21(28)11-9-20/h6-16H,3-5,17H2,1-2H3,(H,29,31). The topological polar surface area (TPSA) is 81.7 Å². The number of anilines is 1. The van der Waals surface area contributed by atoms with Gasteiger partial charge in [0.1, 0.15) is 11.5 Å². The average molecular weight is 480 g/mol. The van der Waals surface area contributed by atoms with Gasteiger partial charge in [0.25, 0.3) is 0 Å². The predicted molar refractivity (Wildman–Crippen MR) is 132 cm³/mol. The summed E-state index contributed by atoms with van der Waals surface area (Å²) in [6.45, 7) is 3.64. The molecule has 6 nitrogen and oxygen atoms in total. The largest absolute Gasteiger partial charge is 0.457 e. The lowest BCUT2D eigenvalue weighted by Gasteiger charge is -2.11. The molecule has 0 aliphatic rings. The van der Waals surface area contributed by atoms with E-state index in [1.807, 2.05) is 32.0 Å². The van der Waals surface area contributed by atoms with Crippen LogP contribution in [0.4, 0.5) is 5.69 Å². The predicted octanol–water partition coefficient (Wildman–Crippen LogP) is 6.28. The van der Waals surface area contributed by atoms with Crippen LogP contribution in [-0.2, 0) is 14.3 Å². The molecular weight excluding hydrogens is 454 g/mol. The fraction of sp³-hybridized carbons (Fsp3) is 0.222. The molecule has 0 aliphatic heterocycles. The number of ether oxygens (including phenoxy) is 2. The van der Waals surface area contributed by atoms with Crippen LogP contribution in [0.25, 0.3) is 0 Å². The average Bonchev–Trinajstić information content (AvgIpc) is 2.81. The maximum Gasteiger partial charge on any atom is 0.306 e. The van der Waals surface area contributed by atoms with E-state index in [4.69, 9.17) is 21.1 Å². The summed E-state index contributed by atoms with van der Waals surface area (Å²) in [5.74, 6) is 0.408. The van der Waals surface area contributed by atoms with E-state index in [-0.39, 0.29) is 31.1 Å². The van der Waals surface area contributed by atoms with Gasteiger partial charge in [0.05, 0.1) is 0 Å². The van der Waals surface area contributed by atoms with Gasteiger partial charge >= 0.3 is 5.97 Å². The van der Waals surface area contributed by atoms with Crippen LogP contribution in [0.3, 0.4) is 0 Å². The zero-order chi connectivity index (χ0) is 24.5. The third kappa shape index (κ3) is 7.74. The lowest BCUT2D eigenvalue weighted by Crippen LogP contribution is -2.15. The summed E-state index contributed by atoms with van der Waals surface area (Å²) in [6, 6.07) is 19.4. The Balaban J connectivity index is 1.37. The summed E-state index contributed by atoms with van der Waals surface area (Å²) in [7, 11) is 0. The molecule has 0 aromatic heterocycles. The molecule has 0 saturated heterocycles. The molecule has 1 amide bonds. The maximum atomic E-state index is 12.2. The number of ketones is 1. The third-order valence-corrected chi connectivity index (χ3v) is 5.28. The van der Waals surface area contributed by atoms with Crippen LogP contribution < -0.4 is 10.1 Å². The first-order valence-corrected chi connectivity index (χ1v) is 11.3. The molecule has 0 spiro atoms. The van der Waals surface area contributed by atoms with Crippen LogP contribution in [-0.4, -0.2) is 24.3 Å². The van der Waals surface area contributed by atoms with E-state index in [9.17, 15) is 14.4 Å². The van der Waals surface area contributed by atoms with E-state index in [0.29, 0.717) is 28.4 Å². The Kier molecular flexibility index (Phi) is 8.82. The molecule has 7 heteroatoms. The number of amides is 1. The highest BCUT2D eigenvalue weighted by atomic mass is 35.5. The Bertz CT molecular complexity index is 1160. The van der Waals surface area contributed by atoms with Crippen LogP contribution in [0.5, 0.6) is 11.5 Å². The summed E-state index contributed by atoms with van der Waals surface area (Å²) in [4.78, 5) is 36.0. The summed E-state index contributed by atoms with van der Waals surface area (Å²) in [6.07, 6.45) is 0.512. The zero-order valence-electron chi connectivity index (χ0n) is 19.1. The summed E-state index contributed by atoms with van der Waals surface area (Å²) in [5, 5.41) is 3.31. The Labute approximate surface area is 203 Å². The van der Waals surface area contributed by atoms with Crippen molar-refractivity contribution in [3.05, 3.63) is 88.4 Å². The van der Waals surface area contributed by atoms with Crippen molar-refractivity contribution in [2.45, 2.75) is 33.1 Å². The minimum Gasteiger partial charge on any atom is -0.457 e. The highest BCUT2D eigenvalue weighted by molar-refractivity contribution is 6.30. The number of esters is 1. The molecule has 0 bridgehead atoms. The Morgan fingerprint density at radius 1 is 0.882 bits per heavy atom. The molecule has 0 saturated carbocycles. The van der Waals surface area contributed by atoms with E-state index in [2.05, 4.69) is 5.32 Å². The molecule has 176 valence electrons. The molecule has 3 aromatic carbocycles. The van der Waals surface area contributed by atoms with Crippen molar-refractivity contribution in [1.29, 1.82) is 0 Å². The van der Waals surface area contributed by atoms with Gasteiger partial charge in [0.2, 0.25) is 5.91 Å². The number of hydrogen-bond acceptors (Lipinski definition) is 5. The van der Waals surface area contributed by atoms with Crippen molar-refractivity contribution < 1.29 is 23.9 Å². The van der Waals surface area contributed by atoms with Gasteiger partial charge in [-0.15, -0.1) is 0 Å². The molecule has 0 atom stereocenters. The zero-order valence-corrected chi connectivity index (χ0v) is 19.9. The number of carbonyl (C=O) groups is 3. The first-order chi connectivity index (χ1) is 16.3. The molecule has 0 heterocycles. The van der Waals surface area contributed by atoms with E-state index in [0.717, 1.165) is 16.9 Å². The van der Waals surface area contributed by atoms with Gasteiger partial charge in [0.15, 0.2) is 12.4 Å². The van der Waals surface area contributed by atoms with Gasteiger partial charge < -0.3 is 14.8 Å². The molecule has 0 unspecified atom stereocenters. The Hall–Kier alpha value is -3.64. The molecule has 3 rings (SSSR count). The Morgan fingerprint density at radius 2 is 1.59 bits per heavy atom. The van der Waals surface area contributed by atoms with Crippen LogP contribution in [0.2, 0.25) is 5.02 Å². The highest BCUT2D eigenvalue weighted by Crippen LogP contribution is 2.27. The molecule has 0 radical (unpaired) electrons. The molecule has 0 fully saturated rings. The molecule has 1 N–H and O–H groups in total. The molecule has 34 heavy (non-hydrogen) atoms. The number of halogens is 1. The van der Waals surface area contributed by atoms with Gasteiger partial charge in [-0.1, -0.05) is 23.7 Å². The summed E-state index contributed by atoms with van der Waals surface area (Å²) >= 11 is 5.79. The fourth-order valence-electron chi connectivity index (χ4n) is 3.10. The van der Waals surface area contributed by atoms with Crippen molar-refractivity contribution in [1.82, 2.24) is 0 Å². The summed E-state index contributed by atoms with van der Waals surface area (Å²) < 4.78 is 10.9. The quantitative estimate of drug-likeness (QED) is 0.273. The van der Waals surface area contributed by atoms with Crippen molar-refractivity contribution >= 4 is 34.9 Å². The fourth-order valence-corrected chi connectivity index (χ4v) is 3.23. The van der Waals surface area contributed by atoms with Crippen LogP contribution >= 0.6 is 11.6 Å². The Morgan fingerprint density at radius 3 is 2.29 bits per heavy atom. The monoisotopic (exact) mass is 479 g/mol. The van der Waals surface area contributed by atoms with Crippen LogP contribution in [0, 0.1) is 13.8 Å². The number of Topliss-reactive ketones (excluding diaryl/α,β-unsaturated/α-hetero) is 1. The van der Waals surface area contributed by atoms with Gasteiger partial charge in [-0.2, -0.15) is 0 Å². The minimum atomic E-state index is -0.525. The third-order valence-electron chi connectivity index (χ3n) is 5.02. The lowest BCUT2D eigenvalue weighted by atomic mass is 10.1. The lowest BCUT2D eigenvalue weighted by molar-refractivity contribution is -0.142. The minimum absolute atomic E-state index is 0.0456. The van der Waals surface area contributed by atoms with Gasteiger partial charge in [-0.3, -0.25) is 14.4 Å². The van der Waals surface area contributed by atoms with Crippen molar-refractivity contribution in [3.8, 4) is 11.5 Å². The molecular formula is C27H26ClNO5. The second kappa shape index (κ2) is 12.0. The second-order valence-corrected chi connectivity index (χ2v) is 8.32.